The van der Waals surface area contributed by atoms with E-state index in [2.05, 4.69) is 31.0 Å². The molecule has 110 valence electrons. The lowest BCUT2D eigenvalue weighted by Gasteiger charge is -2.44. The maximum atomic E-state index is 10.9. The van der Waals surface area contributed by atoms with Crippen LogP contribution in [0.1, 0.15) is 46.5 Å². The van der Waals surface area contributed by atoms with Gasteiger partial charge in [-0.3, -0.25) is 9.69 Å². The van der Waals surface area contributed by atoms with Crippen molar-refractivity contribution in [1.82, 2.24) is 10.2 Å². The van der Waals surface area contributed by atoms with Crippen LogP contribution in [-0.4, -0.2) is 47.2 Å². The highest BCUT2D eigenvalue weighted by Crippen LogP contribution is 2.34. The van der Waals surface area contributed by atoms with Crippen molar-refractivity contribution in [3.05, 3.63) is 0 Å². The maximum Gasteiger partial charge on any atom is 0.317 e. The van der Waals surface area contributed by atoms with E-state index < -0.39 is 5.97 Å². The van der Waals surface area contributed by atoms with Gasteiger partial charge in [0.1, 0.15) is 0 Å². The van der Waals surface area contributed by atoms with Crippen LogP contribution in [0.25, 0.3) is 0 Å². The Hall–Kier alpha value is -0.610. The number of carboxylic acids is 1. The van der Waals surface area contributed by atoms with Gasteiger partial charge in [-0.15, -0.1) is 0 Å². The van der Waals surface area contributed by atoms with E-state index >= 15 is 0 Å². The Kier molecular flexibility index (Phi) is 4.85. The molecule has 0 heterocycles. The van der Waals surface area contributed by atoms with Crippen molar-refractivity contribution in [2.45, 2.75) is 64.6 Å². The molecule has 0 spiro atoms. The van der Waals surface area contributed by atoms with Gasteiger partial charge in [-0.25, -0.2) is 0 Å². The predicted octanol–water partition coefficient (Wildman–Crippen LogP) is 1.95. The van der Waals surface area contributed by atoms with E-state index in [0.29, 0.717) is 24.0 Å². The van der Waals surface area contributed by atoms with E-state index in [-0.39, 0.29) is 6.54 Å². The largest absolute Gasteiger partial charge is 0.480 e. The maximum absolute atomic E-state index is 10.9. The molecule has 0 aliphatic heterocycles. The third-order valence-corrected chi connectivity index (χ3v) is 4.66. The quantitative estimate of drug-likeness (QED) is 0.706. The van der Waals surface area contributed by atoms with Gasteiger partial charge < -0.3 is 10.4 Å². The molecule has 1 atom stereocenters. The Bertz CT molecular complexity index is 309. The summed E-state index contributed by atoms with van der Waals surface area (Å²) < 4.78 is 0. The van der Waals surface area contributed by atoms with Crippen molar-refractivity contribution in [3.63, 3.8) is 0 Å². The second kappa shape index (κ2) is 6.23. The minimum absolute atomic E-state index is 0.216. The SMILES string of the molecule is CC(C)C(C)NC1CC(N(CC(=O)O)CC2CC2)C1. The molecule has 2 aliphatic carbocycles. The summed E-state index contributed by atoms with van der Waals surface area (Å²) in [6.45, 7) is 7.91. The Morgan fingerprint density at radius 3 is 2.42 bits per heavy atom. The first-order valence-corrected chi connectivity index (χ1v) is 7.67. The lowest BCUT2D eigenvalue weighted by atomic mass is 9.84. The summed E-state index contributed by atoms with van der Waals surface area (Å²) in [5.74, 6) is 0.731. The van der Waals surface area contributed by atoms with Crippen LogP contribution in [0.3, 0.4) is 0 Å². The number of carboxylic acid groups (broad SMARTS) is 1. The second-order valence-electron chi connectivity index (χ2n) is 6.79. The third-order valence-electron chi connectivity index (χ3n) is 4.66. The summed E-state index contributed by atoms with van der Waals surface area (Å²) >= 11 is 0. The molecule has 0 aromatic rings. The van der Waals surface area contributed by atoms with E-state index in [1.54, 1.807) is 0 Å². The molecule has 2 rings (SSSR count). The van der Waals surface area contributed by atoms with E-state index in [0.717, 1.165) is 25.3 Å². The van der Waals surface area contributed by atoms with Crippen LogP contribution in [0.4, 0.5) is 0 Å². The van der Waals surface area contributed by atoms with E-state index in [1.807, 2.05) is 0 Å². The van der Waals surface area contributed by atoms with Crippen molar-refractivity contribution in [2.75, 3.05) is 13.1 Å². The molecule has 4 heteroatoms. The van der Waals surface area contributed by atoms with Gasteiger partial charge in [0.2, 0.25) is 0 Å². The number of nitrogens with one attached hydrogen (secondary N) is 1. The van der Waals surface area contributed by atoms with Crippen molar-refractivity contribution < 1.29 is 9.90 Å². The summed E-state index contributed by atoms with van der Waals surface area (Å²) in [6, 6.07) is 1.61. The van der Waals surface area contributed by atoms with Gasteiger partial charge >= 0.3 is 5.97 Å². The molecule has 2 saturated carbocycles. The number of rotatable bonds is 8. The van der Waals surface area contributed by atoms with Crippen LogP contribution >= 0.6 is 0 Å². The monoisotopic (exact) mass is 268 g/mol. The van der Waals surface area contributed by atoms with Gasteiger partial charge in [-0.2, -0.15) is 0 Å². The van der Waals surface area contributed by atoms with Crippen LogP contribution in [0.15, 0.2) is 0 Å². The number of carbonyl (C=O) groups is 1. The molecule has 0 aromatic heterocycles. The molecule has 4 nitrogen and oxygen atoms in total. The summed E-state index contributed by atoms with van der Waals surface area (Å²) in [5, 5.41) is 12.7. The van der Waals surface area contributed by atoms with Crippen molar-refractivity contribution >= 4 is 5.97 Å². The van der Waals surface area contributed by atoms with Crippen molar-refractivity contribution in [3.8, 4) is 0 Å². The third kappa shape index (κ3) is 4.46. The summed E-state index contributed by atoms with van der Waals surface area (Å²) in [5.41, 5.74) is 0. The lowest BCUT2D eigenvalue weighted by Crippen LogP contribution is -2.56. The smallest absolute Gasteiger partial charge is 0.317 e. The first-order valence-electron chi connectivity index (χ1n) is 7.67. The molecular formula is C15H28N2O2. The average Bonchev–Trinajstić information content (AvgIpc) is 3.04. The first kappa shape index (κ1) is 14.8. The summed E-state index contributed by atoms with van der Waals surface area (Å²) in [6.07, 6.45) is 4.79. The molecule has 0 aromatic carbocycles. The van der Waals surface area contributed by atoms with Crippen LogP contribution in [0.2, 0.25) is 0 Å². The highest BCUT2D eigenvalue weighted by atomic mass is 16.4. The number of aliphatic carboxylic acids is 1. The van der Waals surface area contributed by atoms with E-state index in [9.17, 15) is 4.79 Å². The van der Waals surface area contributed by atoms with E-state index in [1.165, 1.54) is 12.8 Å². The van der Waals surface area contributed by atoms with Crippen LogP contribution in [0, 0.1) is 11.8 Å². The number of nitrogens with zero attached hydrogens (tertiary/aromatic N) is 1. The van der Waals surface area contributed by atoms with Crippen LogP contribution < -0.4 is 5.32 Å². The fourth-order valence-electron chi connectivity index (χ4n) is 2.73. The van der Waals surface area contributed by atoms with Gasteiger partial charge in [0.05, 0.1) is 6.54 Å². The zero-order valence-electron chi connectivity index (χ0n) is 12.4. The number of hydrogen-bond acceptors (Lipinski definition) is 3. The Morgan fingerprint density at radius 1 is 1.32 bits per heavy atom. The van der Waals surface area contributed by atoms with Crippen LogP contribution in [-0.2, 0) is 4.79 Å². The van der Waals surface area contributed by atoms with Gasteiger partial charge in [0.15, 0.2) is 0 Å². The molecule has 2 aliphatic rings. The summed E-state index contributed by atoms with van der Waals surface area (Å²) in [7, 11) is 0. The van der Waals surface area contributed by atoms with Crippen molar-refractivity contribution in [1.29, 1.82) is 0 Å². The van der Waals surface area contributed by atoms with Gasteiger partial charge in [0.25, 0.3) is 0 Å². The Morgan fingerprint density at radius 2 is 1.95 bits per heavy atom. The zero-order chi connectivity index (χ0) is 14.0. The molecule has 1 unspecified atom stereocenters. The molecule has 0 bridgehead atoms. The molecule has 2 fully saturated rings. The topological polar surface area (TPSA) is 52.6 Å². The number of hydrogen-bond donors (Lipinski definition) is 2. The summed E-state index contributed by atoms with van der Waals surface area (Å²) in [4.78, 5) is 13.1. The normalized spacial score (nSPS) is 28.5. The molecule has 0 amide bonds. The molecule has 19 heavy (non-hydrogen) atoms. The standard InChI is InChI=1S/C15H28N2O2/c1-10(2)11(3)16-13-6-14(7-13)17(9-15(18)19)8-12-4-5-12/h10-14,16H,4-9H2,1-3H3,(H,18,19). The average molecular weight is 268 g/mol. The minimum atomic E-state index is -0.687. The Labute approximate surface area is 116 Å². The predicted molar refractivity (Wildman–Crippen MR) is 76.2 cm³/mol. The molecular weight excluding hydrogens is 240 g/mol. The highest BCUT2D eigenvalue weighted by Gasteiger charge is 2.37. The van der Waals surface area contributed by atoms with Crippen LogP contribution in [0.5, 0.6) is 0 Å². The zero-order valence-corrected chi connectivity index (χ0v) is 12.4. The van der Waals surface area contributed by atoms with Gasteiger partial charge in [-0.1, -0.05) is 13.8 Å². The Balaban J connectivity index is 1.73. The second-order valence-corrected chi connectivity index (χ2v) is 6.79. The fraction of sp³-hybridized carbons (Fsp3) is 0.933. The van der Waals surface area contributed by atoms with E-state index in [4.69, 9.17) is 5.11 Å². The van der Waals surface area contributed by atoms with Crippen molar-refractivity contribution in [2.24, 2.45) is 11.8 Å². The first-order chi connectivity index (χ1) is 8.95. The molecule has 0 saturated heterocycles. The lowest BCUT2D eigenvalue weighted by molar-refractivity contribution is -0.139. The highest BCUT2D eigenvalue weighted by molar-refractivity contribution is 5.69. The van der Waals surface area contributed by atoms with Gasteiger partial charge in [0, 0.05) is 24.7 Å². The minimum Gasteiger partial charge on any atom is -0.480 e. The van der Waals surface area contributed by atoms with Gasteiger partial charge in [-0.05, 0) is 44.4 Å². The fourth-order valence-corrected chi connectivity index (χ4v) is 2.73. The molecule has 0 radical (unpaired) electrons. The molecule has 2 N–H and O–H groups in total.